The van der Waals surface area contributed by atoms with Crippen LogP contribution in [0.15, 0.2) is 24.3 Å². The molecule has 1 aromatic carbocycles. The molecule has 1 unspecified atom stereocenters. The van der Waals surface area contributed by atoms with Crippen LogP contribution in [0.2, 0.25) is 0 Å². The number of nitrogens with zero attached hydrogens (tertiary/aromatic N) is 1. The molecule has 98 valence electrons. The molecule has 18 heavy (non-hydrogen) atoms. The molecule has 0 bridgehead atoms. The van der Waals surface area contributed by atoms with Gasteiger partial charge in [0.1, 0.15) is 6.10 Å². The van der Waals surface area contributed by atoms with Crippen LogP contribution < -0.4 is 4.90 Å². The summed E-state index contributed by atoms with van der Waals surface area (Å²) in [6.45, 7) is 0.418. The Kier molecular flexibility index (Phi) is 3.30. The highest BCUT2D eigenvalue weighted by atomic mass is 19.4. The van der Waals surface area contributed by atoms with Gasteiger partial charge < -0.3 is 10.0 Å². The molecule has 0 aromatic heterocycles. The number of carbonyl (C=O) groups is 1. The fourth-order valence-electron chi connectivity index (χ4n) is 1.94. The Morgan fingerprint density at radius 1 is 1.22 bits per heavy atom. The molecule has 0 radical (unpaired) electrons. The highest BCUT2D eigenvalue weighted by Crippen LogP contribution is 2.31. The van der Waals surface area contributed by atoms with E-state index in [2.05, 4.69) is 0 Å². The van der Waals surface area contributed by atoms with Gasteiger partial charge >= 0.3 is 6.18 Å². The number of aliphatic hydroxyl groups is 1. The van der Waals surface area contributed by atoms with Gasteiger partial charge in [-0.1, -0.05) is 0 Å². The topological polar surface area (TPSA) is 40.5 Å². The van der Waals surface area contributed by atoms with Crippen LogP contribution >= 0.6 is 0 Å². The van der Waals surface area contributed by atoms with E-state index in [1.54, 1.807) is 0 Å². The van der Waals surface area contributed by atoms with Crippen LogP contribution in [0.1, 0.15) is 18.4 Å². The summed E-state index contributed by atoms with van der Waals surface area (Å²) in [7, 11) is 0. The predicted molar refractivity (Wildman–Crippen MR) is 59.0 cm³/mol. The third-order valence-electron chi connectivity index (χ3n) is 2.92. The van der Waals surface area contributed by atoms with Gasteiger partial charge in [-0.3, -0.25) is 4.79 Å². The maximum atomic E-state index is 12.4. The lowest BCUT2D eigenvalue weighted by Crippen LogP contribution is -2.44. The maximum absolute atomic E-state index is 12.4. The highest BCUT2D eigenvalue weighted by molar-refractivity contribution is 5.97. The lowest BCUT2D eigenvalue weighted by Gasteiger charge is -2.30. The number of benzene rings is 1. The van der Waals surface area contributed by atoms with Crippen molar-refractivity contribution in [3.8, 4) is 0 Å². The van der Waals surface area contributed by atoms with Gasteiger partial charge in [0.25, 0.3) is 5.91 Å². The number of amides is 1. The van der Waals surface area contributed by atoms with E-state index in [0.29, 0.717) is 25.1 Å². The number of halogens is 3. The molecular formula is C12H12F3NO2. The molecule has 3 nitrogen and oxygen atoms in total. The molecular weight excluding hydrogens is 247 g/mol. The second-order valence-electron chi connectivity index (χ2n) is 4.19. The van der Waals surface area contributed by atoms with E-state index < -0.39 is 23.8 Å². The summed E-state index contributed by atoms with van der Waals surface area (Å²) in [6, 6.07) is 4.37. The third-order valence-corrected chi connectivity index (χ3v) is 2.92. The predicted octanol–water partition coefficient (Wildman–Crippen LogP) is 2.19. The molecule has 1 aliphatic rings. The van der Waals surface area contributed by atoms with Gasteiger partial charge in [-0.25, -0.2) is 0 Å². The summed E-state index contributed by atoms with van der Waals surface area (Å²) < 4.78 is 37.1. The lowest BCUT2D eigenvalue weighted by molar-refractivity contribution is -0.137. The van der Waals surface area contributed by atoms with Gasteiger partial charge in [-0.15, -0.1) is 0 Å². The van der Waals surface area contributed by atoms with Crippen LogP contribution in [0.3, 0.4) is 0 Å². The number of aliphatic hydroxyl groups excluding tert-OH is 1. The average Bonchev–Trinajstić information content (AvgIpc) is 2.32. The van der Waals surface area contributed by atoms with Crippen molar-refractivity contribution in [2.45, 2.75) is 25.1 Å². The normalized spacial score (nSPS) is 21.2. The van der Waals surface area contributed by atoms with Crippen LogP contribution in [0.25, 0.3) is 0 Å². The summed E-state index contributed by atoms with van der Waals surface area (Å²) in [5.74, 6) is -0.457. The van der Waals surface area contributed by atoms with Crippen molar-refractivity contribution in [2.75, 3.05) is 11.4 Å². The smallest absolute Gasteiger partial charge is 0.383 e. The van der Waals surface area contributed by atoms with Crippen molar-refractivity contribution in [3.63, 3.8) is 0 Å². The Morgan fingerprint density at radius 2 is 1.83 bits per heavy atom. The Balaban J connectivity index is 2.22. The van der Waals surface area contributed by atoms with Crippen LogP contribution in [-0.4, -0.2) is 23.7 Å². The van der Waals surface area contributed by atoms with E-state index in [0.717, 1.165) is 12.1 Å². The number of carbonyl (C=O) groups excluding carboxylic acids is 1. The first kappa shape index (κ1) is 12.9. The molecule has 1 aromatic rings. The second-order valence-corrected chi connectivity index (χ2v) is 4.19. The van der Waals surface area contributed by atoms with Crippen LogP contribution in [0.5, 0.6) is 0 Å². The van der Waals surface area contributed by atoms with Gasteiger partial charge in [0.15, 0.2) is 0 Å². The quantitative estimate of drug-likeness (QED) is 0.839. The first-order valence-electron chi connectivity index (χ1n) is 5.56. The molecule has 1 N–H and O–H groups in total. The first-order chi connectivity index (χ1) is 8.39. The highest BCUT2D eigenvalue weighted by Gasteiger charge is 2.31. The SMILES string of the molecule is O=C1C(O)CCCN1c1ccc(C(F)(F)F)cc1. The largest absolute Gasteiger partial charge is 0.416 e. The molecule has 0 aliphatic carbocycles. The minimum absolute atomic E-state index is 0.381. The summed E-state index contributed by atoms with van der Waals surface area (Å²) in [5.41, 5.74) is -0.372. The molecule has 0 spiro atoms. The van der Waals surface area contributed by atoms with E-state index in [-0.39, 0.29) is 0 Å². The van der Waals surface area contributed by atoms with E-state index in [4.69, 9.17) is 0 Å². The summed E-state index contributed by atoms with van der Waals surface area (Å²) >= 11 is 0. The molecule has 0 saturated carbocycles. The van der Waals surface area contributed by atoms with E-state index in [1.165, 1.54) is 17.0 Å². The zero-order chi connectivity index (χ0) is 13.3. The summed E-state index contributed by atoms with van der Waals surface area (Å²) in [6.07, 6.45) is -4.41. The molecule has 1 amide bonds. The minimum Gasteiger partial charge on any atom is -0.383 e. The number of alkyl halides is 3. The van der Waals surface area contributed by atoms with E-state index >= 15 is 0 Å². The molecule has 1 saturated heterocycles. The number of rotatable bonds is 1. The minimum atomic E-state index is -4.38. The van der Waals surface area contributed by atoms with Crippen molar-refractivity contribution in [1.82, 2.24) is 0 Å². The van der Waals surface area contributed by atoms with Crippen LogP contribution in [0.4, 0.5) is 18.9 Å². The number of anilines is 1. The number of piperidine rings is 1. The van der Waals surface area contributed by atoms with Gasteiger partial charge in [0.05, 0.1) is 5.56 Å². The van der Waals surface area contributed by atoms with Crippen molar-refractivity contribution >= 4 is 11.6 Å². The summed E-state index contributed by atoms with van der Waals surface area (Å²) in [5, 5.41) is 9.42. The molecule has 6 heteroatoms. The monoisotopic (exact) mass is 259 g/mol. The van der Waals surface area contributed by atoms with Crippen LogP contribution in [-0.2, 0) is 11.0 Å². The Bertz CT molecular complexity index is 442. The van der Waals surface area contributed by atoms with E-state index in [1.807, 2.05) is 0 Å². The van der Waals surface area contributed by atoms with Gasteiger partial charge in [0, 0.05) is 12.2 Å². The molecule has 2 rings (SSSR count). The lowest BCUT2D eigenvalue weighted by atomic mass is 10.1. The average molecular weight is 259 g/mol. The third kappa shape index (κ3) is 2.48. The Labute approximate surface area is 102 Å². The van der Waals surface area contributed by atoms with Crippen LogP contribution in [0, 0.1) is 0 Å². The maximum Gasteiger partial charge on any atom is 0.416 e. The second kappa shape index (κ2) is 4.61. The van der Waals surface area contributed by atoms with Gasteiger partial charge in [-0.05, 0) is 37.1 Å². The zero-order valence-corrected chi connectivity index (χ0v) is 9.44. The fraction of sp³-hybridized carbons (Fsp3) is 0.417. The molecule has 1 atom stereocenters. The molecule has 1 aliphatic heterocycles. The van der Waals surface area contributed by atoms with Crippen molar-refractivity contribution in [3.05, 3.63) is 29.8 Å². The number of hydrogen-bond acceptors (Lipinski definition) is 2. The Hall–Kier alpha value is -1.56. The van der Waals surface area contributed by atoms with Crippen molar-refractivity contribution in [2.24, 2.45) is 0 Å². The standard InChI is InChI=1S/C12H12F3NO2/c13-12(14,15)8-3-5-9(6-4-8)16-7-1-2-10(17)11(16)18/h3-6,10,17H,1-2,7H2. The zero-order valence-electron chi connectivity index (χ0n) is 9.44. The molecule has 1 fully saturated rings. The van der Waals surface area contributed by atoms with Gasteiger partial charge in [0.2, 0.25) is 0 Å². The van der Waals surface area contributed by atoms with Crippen molar-refractivity contribution < 1.29 is 23.1 Å². The Morgan fingerprint density at radius 3 is 2.39 bits per heavy atom. The molecule has 1 heterocycles. The first-order valence-corrected chi connectivity index (χ1v) is 5.56. The van der Waals surface area contributed by atoms with Crippen molar-refractivity contribution in [1.29, 1.82) is 0 Å². The van der Waals surface area contributed by atoms with Gasteiger partial charge in [-0.2, -0.15) is 13.2 Å². The fourth-order valence-corrected chi connectivity index (χ4v) is 1.94. The number of hydrogen-bond donors (Lipinski definition) is 1. The van der Waals surface area contributed by atoms with E-state index in [9.17, 15) is 23.1 Å². The summed E-state index contributed by atoms with van der Waals surface area (Å²) in [4.78, 5) is 13.0.